The molecule has 0 saturated carbocycles. The first-order chi connectivity index (χ1) is 8.79. The molecule has 2 rings (SSSR count). The van der Waals surface area contributed by atoms with Crippen LogP contribution in [0.5, 0.6) is 0 Å². The highest BCUT2D eigenvalue weighted by atomic mass is 32.2. The molecule has 0 aliphatic carbocycles. The Kier molecular flexibility index (Phi) is 3.95. The Morgan fingerprint density at radius 2 is 2.00 bits per heavy atom. The maximum absolute atomic E-state index is 12.3. The summed E-state index contributed by atoms with van der Waals surface area (Å²) in [5.74, 6) is 0. The third-order valence-electron chi connectivity index (χ3n) is 2.53. The molecular weight excluding hydrogens is 302 g/mol. The fourth-order valence-electron chi connectivity index (χ4n) is 1.68. The van der Waals surface area contributed by atoms with E-state index in [1.807, 2.05) is 26.0 Å². The maximum atomic E-state index is 12.3. The van der Waals surface area contributed by atoms with Crippen LogP contribution in [0.1, 0.15) is 28.4 Å². The van der Waals surface area contributed by atoms with Crippen LogP contribution >= 0.6 is 22.7 Å². The highest BCUT2D eigenvalue weighted by Crippen LogP contribution is 2.28. The minimum absolute atomic E-state index is 0.185. The fourth-order valence-corrected chi connectivity index (χ4v) is 5.18. The first-order valence-electron chi connectivity index (χ1n) is 5.61. The summed E-state index contributed by atoms with van der Waals surface area (Å²) < 4.78 is 27.4. The fraction of sp³-hybridized carbons (Fsp3) is 0.364. The van der Waals surface area contributed by atoms with Gasteiger partial charge in [0, 0.05) is 9.75 Å². The van der Waals surface area contributed by atoms with Crippen molar-refractivity contribution in [1.82, 2.24) is 9.71 Å². The Balaban J connectivity index is 2.24. The summed E-state index contributed by atoms with van der Waals surface area (Å²) in [5.41, 5.74) is 5.97. The summed E-state index contributed by atoms with van der Waals surface area (Å²) in [5, 5.41) is 0.262. The molecule has 8 heteroatoms. The maximum Gasteiger partial charge on any atom is 0.252 e. The number of anilines is 1. The van der Waals surface area contributed by atoms with Crippen molar-refractivity contribution in [2.75, 3.05) is 5.73 Å². The van der Waals surface area contributed by atoms with Crippen LogP contribution in [0, 0.1) is 13.8 Å². The van der Waals surface area contributed by atoms with Gasteiger partial charge < -0.3 is 5.73 Å². The van der Waals surface area contributed by atoms with E-state index in [0.717, 1.165) is 21.1 Å². The monoisotopic (exact) mass is 317 g/mol. The lowest BCUT2D eigenvalue weighted by Crippen LogP contribution is -2.26. The summed E-state index contributed by atoms with van der Waals surface area (Å²) in [6, 6.07) is 3.63. The van der Waals surface area contributed by atoms with Gasteiger partial charge in [-0.1, -0.05) is 11.3 Å². The van der Waals surface area contributed by atoms with E-state index in [2.05, 4.69) is 9.71 Å². The molecule has 19 heavy (non-hydrogen) atoms. The van der Waals surface area contributed by atoms with Gasteiger partial charge in [0.25, 0.3) is 10.0 Å². The quantitative estimate of drug-likeness (QED) is 0.907. The van der Waals surface area contributed by atoms with Gasteiger partial charge in [0.05, 0.1) is 11.7 Å². The third kappa shape index (κ3) is 3.14. The zero-order valence-electron chi connectivity index (χ0n) is 10.8. The molecule has 0 bridgehead atoms. The number of nitrogens with two attached hydrogens (primary N) is 1. The molecule has 0 aliphatic heterocycles. The van der Waals surface area contributed by atoms with Crippen LogP contribution < -0.4 is 10.5 Å². The Morgan fingerprint density at radius 1 is 1.32 bits per heavy atom. The molecule has 0 spiro atoms. The smallest absolute Gasteiger partial charge is 0.252 e. The highest BCUT2D eigenvalue weighted by molar-refractivity contribution is 7.91. The second-order valence-corrected chi connectivity index (χ2v) is 8.48. The molecule has 0 aliphatic rings. The molecule has 0 radical (unpaired) electrons. The van der Waals surface area contributed by atoms with Crippen LogP contribution in [0.3, 0.4) is 0 Å². The molecule has 5 nitrogen and oxygen atoms in total. The molecule has 0 aromatic carbocycles. The predicted molar refractivity (Wildman–Crippen MR) is 79.1 cm³/mol. The number of nitrogens with one attached hydrogen (secondary N) is 1. The molecule has 0 amide bonds. The lowest BCUT2D eigenvalue weighted by molar-refractivity contribution is 0.570. The SMILES string of the molecule is Cc1ccc(C(C)NS(=O)(=O)c2sc(N)nc2C)s1. The van der Waals surface area contributed by atoms with Crippen molar-refractivity contribution < 1.29 is 8.42 Å². The normalized spacial score (nSPS) is 13.6. The third-order valence-corrected chi connectivity index (χ3v) is 6.85. The molecule has 1 atom stereocenters. The molecule has 2 aromatic rings. The Bertz CT molecular complexity index is 688. The standard InChI is InChI=1S/C11H15N3O2S3/c1-6-4-5-9(17-6)7(2)14-19(15,16)10-8(3)13-11(12)18-10/h4-5,7,14H,1-3H3,(H2,12,13). The van der Waals surface area contributed by atoms with E-state index in [9.17, 15) is 8.42 Å². The van der Waals surface area contributed by atoms with Crippen LogP contribution in [0.4, 0.5) is 5.13 Å². The summed E-state index contributed by atoms with van der Waals surface area (Å²) >= 11 is 2.56. The number of aryl methyl sites for hydroxylation is 2. The molecule has 0 fully saturated rings. The zero-order valence-corrected chi connectivity index (χ0v) is 13.2. The van der Waals surface area contributed by atoms with Gasteiger partial charge in [0.15, 0.2) is 9.34 Å². The van der Waals surface area contributed by atoms with Crippen molar-refractivity contribution in [2.45, 2.75) is 31.0 Å². The summed E-state index contributed by atoms with van der Waals surface area (Å²) in [6.45, 7) is 5.45. The number of hydrogen-bond donors (Lipinski definition) is 2. The van der Waals surface area contributed by atoms with E-state index in [1.54, 1.807) is 18.3 Å². The predicted octanol–water partition coefficient (Wildman–Crippen LogP) is 2.44. The first kappa shape index (κ1) is 14.4. The second-order valence-electron chi connectivity index (χ2n) is 4.22. The van der Waals surface area contributed by atoms with Gasteiger partial charge in [0.1, 0.15) is 0 Å². The molecular formula is C11H15N3O2S3. The van der Waals surface area contributed by atoms with Crippen LogP contribution in [0.2, 0.25) is 0 Å². The molecule has 2 aromatic heterocycles. The van der Waals surface area contributed by atoms with Crippen molar-refractivity contribution in [3.63, 3.8) is 0 Å². The highest BCUT2D eigenvalue weighted by Gasteiger charge is 2.24. The van der Waals surface area contributed by atoms with E-state index in [4.69, 9.17) is 5.73 Å². The number of thiazole rings is 1. The average molecular weight is 317 g/mol. The molecule has 0 saturated heterocycles. The van der Waals surface area contributed by atoms with E-state index < -0.39 is 10.0 Å². The summed E-state index contributed by atoms with van der Waals surface area (Å²) in [6.07, 6.45) is 0. The number of nitrogen functional groups attached to an aromatic ring is 1. The lowest BCUT2D eigenvalue weighted by atomic mass is 10.3. The molecule has 2 heterocycles. The lowest BCUT2D eigenvalue weighted by Gasteiger charge is -2.11. The van der Waals surface area contributed by atoms with Crippen molar-refractivity contribution in [3.8, 4) is 0 Å². The van der Waals surface area contributed by atoms with Crippen molar-refractivity contribution in [1.29, 1.82) is 0 Å². The number of nitrogens with zero attached hydrogens (tertiary/aromatic N) is 1. The van der Waals surface area contributed by atoms with E-state index in [-0.39, 0.29) is 15.4 Å². The van der Waals surface area contributed by atoms with Gasteiger partial charge in [0.2, 0.25) is 0 Å². The van der Waals surface area contributed by atoms with Crippen molar-refractivity contribution in [2.24, 2.45) is 0 Å². The van der Waals surface area contributed by atoms with Crippen LogP contribution in [-0.2, 0) is 10.0 Å². The van der Waals surface area contributed by atoms with Gasteiger partial charge in [-0.15, -0.1) is 11.3 Å². The molecule has 1 unspecified atom stereocenters. The number of aromatic nitrogens is 1. The second kappa shape index (κ2) is 5.20. The van der Waals surface area contributed by atoms with Crippen LogP contribution in [-0.4, -0.2) is 13.4 Å². The zero-order chi connectivity index (χ0) is 14.2. The molecule has 104 valence electrons. The topological polar surface area (TPSA) is 85.1 Å². The van der Waals surface area contributed by atoms with E-state index in [1.165, 1.54) is 0 Å². The van der Waals surface area contributed by atoms with E-state index >= 15 is 0 Å². The first-order valence-corrected chi connectivity index (χ1v) is 8.73. The Hall–Kier alpha value is -0.960. The van der Waals surface area contributed by atoms with Crippen LogP contribution in [0.15, 0.2) is 16.3 Å². The Labute approximate surface area is 120 Å². The van der Waals surface area contributed by atoms with E-state index in [0.29, 0.717) is 5.69 Å². The number of hydrogen-bond acceptors (Lipinski definition) is 6. The minimum Gasteiger partial charge on any atom is -0.375 e. The summed E-state index contributed by atoms with van der Waals surface area (Å²) in [7, 11) is -3.58. The largest absolute Gasteiger partial charge is 0.375 e. The van der Waals surface area contributed by atoms with Gasteiger partial charge in [-0.3, -0.25) is 0 Å². The van der Waals surface area contributed by atoms with Gasteiger partial charge in [-0.2, -0.15) is 0 Å². The average Bonchev–Trinajstić information content (AvgIpc) is 2.84. The number of rotatable bonds is 4. The van der Waals surface area contributed by atoms with Gasteiger partial charge in [-0.05, 0) is 32.9 Å². The van der Waals surface area contributed by atoms with Crippen LogP contribution in [0.25, 0.3) is 0 Å². The summed E-state index contributed by atoms with van der Waals surface area (Å²) in [4.78, 5) is 6.08. The van der Waals surface area contributed by atoms with Crippen molar-refractivity contribution >= 4 is 37.8 Å². The molecule has 3 N–H and O–H groups in total. The van der Waals surface area contributed by atoms with Gasteiger partial charge >= 0.3 is 0 Å². The number of thiophene rings is 1. The van der Waals surface area contributed by atoms with Gasteiger partial charge in [-0.25, -0.2) is 18.1 Å². The Morgan fingerprint density at radius 3 is 2.47 bits per heavy atom. The van der Waals surface area contributed by atoms with Crippen molar-refractivity contribution in [3.05, 3.63) is 27.6 Å². The minimum atomic E-state index is -3.58. The number of sulfonamides is 1.